The molecule has 4 aromatic carbocycles. The number of hydrogen-bond donors (Lipinski definition) is 1. The third-order valence-corrected chi connectivity index (χ3v) is 7.13. The minimum absolute atomic E-state index is 0.0739. The fourth-order valence-corrected chi connectivity index (χ4v) is 5.10. The number of rotatable bonds is 7. The number of carbonyl (C=O) groups excluding carboxylic acids is 1. The van der Waals surface area contributed by atoms with Crippen molar-refractivity contribution < 1.29 is 9.72 Å². The Balaban J connectivity index is 1.35. The molecule has 0 aliphatic heterocycles. The van der Waals surface area contributed by atoms with E-state index in [-0.39, 0.29) is 17.7 Å². The van der Waals surface area contributed by atoms with E-state index in [0.717, 1.165) is 4.90 Å². The normalized spacial score (nSPS) is 11.3. The third kappa shape index (κ3) is 5.29. The first kappa shape index (κ1) is 25.2. The second kappa shape index (κ2) is 10.9. The second-order valence-corrected chi connectivity index (χ2v) is 9.83. The molecule has 188 valence electrons. The molecule has 1 heterocycles. The fraction of sp³-hybridized carbons (Fsp3) is 0.0357. The summed E-state index contributed by atoms with van der Waals surface area (Å²) >= 11 is 7.17. The molecule has 1 aromatic heterocycles. The predicted molar refractivity (Wildman–Crippen MR) is 150 cm³/mol. The Bertz CT molecular complexity index is 1720. The van der Waals surface area contributed by atoms with Crippen LogP contribution in [0.5, 0.6) is 0 Å². The Kier molecular flexibility index (Phi) is 7.21. The quantitative estimate of drug-likeness (QED) is 0.117. The van der Waals surface area contributed by atoms with Crippen LogP contribution in [-0.2, 0) is 11.3 Å². The van der Waals surface area contributed by atoms with Crippen molar-refractivity contribution in [1.82, 2.24) is 9.99 Å². The number of aromatic nitrogens is 1. The third-order valence-electron chi connectivity index (χ3n) is 5.80. The number of benzene rings is 4. The summed E-state index contributed by atoms with van der Waals surface area (Å²) in [7, 11) is 0. The van der Waals surface area contributed by atoms with Gasteiger partial charge in [-0.2, -0.15) is 5.10 Å². The molecule has 0 unspecified atom stereocenters. The van der Waals surface area contributed by atoms with Crippen LogP contribution in [0.2, 0.25) is 5.02 Å². The molecule has 0 radical (unpaired) electrons. The summed E-state index contributed by atoms with van der Waals surface area (Å²) in [5.41, 5.74) is 4.04. The highest BCUT2D eigenvalue weighted by atomic mass is 35.5. The molecule has 0 saturated heterocycles. The number of nitrogens with one attached hydrogen (secondary N) is 1. The zero-order chi connectivity index (χ0) is 26.6. The van der Waals surface area contributed by atoms with E-state index in [1.165, 1.54) is 24.0 Å². The van der Waals surface area contributed by atoms with Gasteiger partial charge in [0.15, 0.2) is 5.43 Å². The van der Waals surface area contributed by atoms with Crippen LogP contribution in [0, 0.1) is 10.1 Å². The van der Waals surface area contributed by atoms with Gasteiger partial charge in [0.25, 0.3) is 11.6 Å². The molecule has 1 N–H and O–H groups in total. The van der Waals surface area contributed by atoms with Crippen LogP contribution in [0.3, 0.4) is 0 Å². The van der Waals surface area contributed by atoms with E-state index < -0.39 is 10.8 Å². The zero-order valence-corrected chi connectivity index (χ0v) is 21.3. The Hall–Kier alpha value is -4.47. The molecule has 0 fully saturated rings. The summed E-state index contributed by atoms with van der Waals surface area (Å²) < 4.78 is 1.77. The van der Waals surface area contributed by atoms with Gasteiger partial charge in [-0.1, -0.05) is 53.7 Å². The average molecular weight is 543 g/mol. The molecular weight excluding hydrogens is 524 g/mol. The maximum absolute atomic E-state index is 12.9. The smallest absolute Gasteiger partial charge is 0.283 e. The SMILES string of the molecule is O=C(Cn1c2ccccc2c(=O)c2ccccc21)N/N=C/c1ccc(Sc2ccc(Cl)cc2)c([N+](=O)[O-])c1. The van der Waals surface area contributed by atoms with Crippen LogP contribution in [0.1, 0.15) is 5.56 Å². The van der Waals surface area contributed by atoms with E-state index in [2.05, 4.69) is 10.5 Å². The van der Waals surface area contributed by atoms with Gasteiger partial charge in [-0.15, -0.1) is 0 Å². The lowest BCUT2D eigenvalue weighted by atomic mass is 10.1. The van der Waals surface area contributed by atoms with Crippen LogP contribution in [-0.4, -0.2) is 21.6 Å². The van der Waals surface area contributed by atoms with Crippen molar-refractivity contribution in [1.29, 1.82) is 0 Å². The summed E-state index contributed by atoms with van der Waals surface area (Å²) in [6, 6.07) is 26.0. The monoisotopic (exact) mass is 542 g/mol. The maximum atomic E-state index is 12.9. The Morgan fingerprint density at radius 1 is 0.974 bits per heavy atom. The largest absolute Gasteiger partial charge is 0.331 e. The molecule has 0 bridgehead atoms. The molecule has 10 heteroatoms. The number of halogens is 1. The predicted octanol–water partition coefficient (Wildman–Crippen LogP) is 6.02. The summed E-state index contributed by atoms with van der Waals surface area (Å²) in [5.74, 6) is -0.412. The lowest BCUT2D eigenvalue weighted by molar-refractivity contribution is -0.387. The van der Waals surface area contributed by atoms with Gasteiger partial charge in [-0.25, -0.2) is 5.43 Å². The first-order valence-electron chi connectivity index (χ1n) is 11.4. The van der Waals surface area contributed by atoms with Crippen molar-refractivity contribution in [3.63, 3.8) is 0 Å². The summed E-state index contributed by atoms with van der Waals surface area (Å²) in [5, 5.41) is 17.3. The van der Waals surface area contributed by atoms with Crippen molar-refractivity contribution in [3.05, 3.63) is 122 Å². The highest BCUT2D eigenvalue weighted by molar-refractivity contribution is 7.99. The highest BCUT2D eigenvalue weighted by Crippen LogP contribution is 2.35. The second-order valence-electron chi connectivity index (χ2n) is 8.28. The van der Waals surface area contributed by atoms with Crippen LogP contribution in [0.15, 0.2) is 111 Å². The zero-order valence-electron chi connectivity index (χ0n) is 19.7. The molecule has 5 rings (SSSR count). The van der Waals surface area contributed by atoms with Crippen LogP contribution < -0.4 is 10.9 Å². The molecule has 38 heavy (non-hydrogen) atoms. The number of amides is 1. The van der Waals surface area contributed by atoms with Gasteiger partial charge in [0.2, 0.25) is 0 Å². The van der Waals surface area contributed by atoms with Crippen molar-refractivity contribution >= 4 is 63.0 Å². The summed E-state index contributed by atoms with van der Waals surface area (Å²) in [6.07, 6.45) is 1.35. The number of nitro groups is 1. The molecule has 0 aliphatic rings. The van der Waals surface area contributed by atoms with Gasteiger partial charge < -0.3 is 4.57 Å². The van der Waals surface area contributed by atoms with Crippen molar-refractivity contribution in [3.8, 4) is 0 Å². The number of carbonyl (C=O) groups is 1. The van der Waals surface area contributed by atoms with Gasteiger partial charge >= 0.3 is 0 Å². The lowest BCUT2D eigenvalue weighted by Crippen LogP contribution is -2.25. The molecule has 0 spiro atoms. The number of hydrogen-bond acceptors (Lipinski definition) is 6. The van der Waals surface area contributed by atoms with Gasteiger partial charge in [-0.3, -0.25) is 19.7 Å². The number of para-hydroxylation sites is 2. The van der Waals surface area contributed by atoms with Crippen LogP contribution in [0.4, 0.5) is 5.69 Å². The van der Waals surface area contributed by atoms with Gasteiger partial charge in [-0.05, 0) is 54.6 Å². The van der Waals surface area contributed by atoms with Crippen molar-refractivity contribution in [2.75, 3.05) is 0 Å². The van der Waals surface area contributed by atoms with Gasteiger partial charge in [0.1, 0.15) is 6.54 Å². The van der Waals surface area contributed by atoms with E-state index in [1.807, 2.05) is 12.1 Å². The minimum atomic E-state index is -0.458. The molecule has 0 aliphatic carbocycles. The Labute approximate surface area is 225 Å². The highest BCUT2D eigenvalue weighted by Gasteiger charge is 2.16. The van der Waals surface area contributed by atoms with E-state index >= 15 is 0 Å². The number of fused-ring (bicyclic) bond motifs is 2. The standard InChI is InChI=1S/C28H19ClN4O4S/c29-19-10-12-20(13-11-19)38-26-14-9-18(15-25(26)33(36)37)16-30-31-27(34)17-32-23-7-3-1-5-21(23)28(35)22-6-2-4-8-24(22)32/h1-16H,17H2,(H,31,34)/b30-16+. The molecular formula is C28H19ClN4O4S. The minimum Gasteiger partial charge on any atom is -0.331 e. The van der Waals surface area contributed by atoms with Crippen molar-refractivity contribution in [2.45, 2.75) is 16.3 Å². The molecule has 0 atom stereocenters. The molecule has 5 aromatic rings. The fourth-order valence-electron chi connectivity index (χ4n) is 4.08. The number of nitrogens with zero attached hydrogens (tertiary/aromatic N) is 3. The molecule has 0 saturated carbocycles. The summed E-state index contributed by atoms with van der Waals surface area (Å²) in [4.78, 5) is 38.2. The summed E-state index contributed by atoms with van der Waals surface area (Å²) in [6.45, 7) is -0.0739. The number of nitro benzene ring substituents is 1. The topological polar surface area (TPSA) is 107 Å². The number of hydrazone groups is 1. The van der Waals surface area contributed by atoms with Gasteiger partial charge in [0, 0.05) is 32.3 Å². The first-order valence-corrected chi connectivity index (χ1v) is 12.6. The van der Waals surface area contributed by atoms with E-state index in [4.69, 9.17) is 11.6 Å². The van der Waals surface area contributed by atoms with E-state index in [0.29, 0.717) is 37.3 Å². The lowest BCUT2D eigenvalue weighted by Gasteiger charge is -2.14. The average Bonchev–Trinajstić information content (AvgIpc) is 2.93. The molecule has 8 nitrogen and oxygen atoms in total. The Morgan fingerprint density at radius 2 is 1.61 bits per heavy atom. The Morgan fingerprint density at radius 3 is 2.24 bits per heavy atom. The van der Waals surface area contributed by atoms with Crippen LogP contribution in [0.25, 0.3) is 21.8 Å². The first-order chi connectivity index (χ1) is 18.4. The van der Waals surface area contributed by atoms with Crippen LogP contribution >= 0.6 is 23.4 Å². The van der Waals surface area contributed by atoms with Gasteiger partial charge in [0.05, 0.1) is 27.1 Å². The molecule has 1 amide bonds. The van der Waals surface area contributed by atoms with E-state index in [1.54, 1.807) is 77.4 Å². The number of pyridine rings is 1. The maximum Gasteiger partial charge on any atom is 0.283 e. The van der Waals surface area contributed by atoms with Crippen molar-refractivity contribution in [2.24, 2.45) is 5.10 Å². The van der Waals surface area contributed by atoms with E-state index in [9.17, 15) is 19.7 Å².